The van der Waals surface area contributed by atoms with E-state index in [0.717, 1.165) is 11.3 Å². The van der Waals surface area contributed by atoms with Gasteiger partial charge in [-0.2, -0.15) is 0 Å². The lowest BCUT2D eigenvalue weighted by molar-refractivity contribution is 0.0980. The van der Waals surface area contributed by atoms with Crippen LogP contribution in [-0.4, -0.2) is 17.4 Å². The lowest BCUT2D eigenvalue weighted by Crippen LogP contribution is -2.38. The highest BCUT2D eigenvalue weighted by Gasteiger charge is 2.27. The van der Waals surface area contributed by atoms with Gasteiger partial charge in [0.1, 0.15) is 5.82 Å². The molecule has 0 atom stereocenters. The molecule has 1 amide bonds. The third-order valence-corrected chi connectivity index (χ3v) is 3.82. The first-order valence-electron chi connectivity index (χ1n) is 6.28. The predicted molar refractivity (Wildman–Crippen MR) is 75.8 cm³/mol. The van der Waals surface area contributed by atoms with Gasteiger partial charge in [-0.3, -0.25) is 9.78 Å². The van der Waals surface area contributed by atoms with Crippen molar-refractivity contribution < 1.29 is 9.18 Å². The van der Waals surface area contributed by atoms with Crippen LogP contribution in [0, 0.1) is 12.7 Å². The molecule has 0 spiro atoms. The van der Waals surface area contributed by atoms with Crippen molar-refractivity contribution in [2.45, 2.75) is 13.3 Å². The van der Waals surface area contributed by atoms with Crippen LogP contribution in [-0.2, 0) is 6.42 Å². The molecule has 0 saturated carbocycles. The number of nitrogens with zero attached hydrogens (tertiary/aromatic N) is 2. The van der Waals surface area contributed by atoms with Crippen LogP contribution in [0.4, 0.5) is 10.1 Å². The van der Waals surface area contributed by atoms with Crippen LogP contribution in [0.15, 0.2) is 30.6 Å². The predicted octanol–water partition coefficient (Wildman–Crippen LogP) is 3.39. The van der Waals surface area contributed by atoms with E-state index in [9.17, 15) is 9.18 Å². The third-order valence-electron chi connectivity index (χ3n) is 3.53. The lowest BCUT2D eigenvalue weighted by Gasteiger charge is -2.29. The van der Waals surface area contributed by atoms with Crippen LogP contribution in [0.2, 0.25) is 5.02 Å². The Hall–Kier alpha value is -1.94. The topological polar surface area (TPSA) is 33.2 Å². The highest BCUT2D eigenvalue weighted by atomic mass is 35.5. The molecule has 1 aromatic heterocycles. The SMILES string of the molecule is Cc1ccncc1N1CCc2cc(F)c(Cl)cc2C1=O. The minimum atomic E-state index is -0.482. The number of benzene rings is 1. The van der Waals surface area contributed by atoms with E-state index in [1.54, 1.807) is 17.3 Å². The Morgan fingerprint density at radius 2 is 2.20 bits per heavy atom. The Kier molecular flexibility index (Phi) is 3.18. The second kappa shape index (κ2) is 4.87. The first-order chi connectivity index (χ1) is 9.58. The van der Waals surface area contributed by atoms with E-state index in [1.165, 1.54) is 12.1 Å². The molecule has 2 aromatic rings. The first kappa shape index (κ1) is 13.1. The molecule has 1 aromatic carbocycles. The number of fused-ring (bicyclic) bond motifs is 1. The zero-order valence-corrected chi connectivity index (χ0v) is 11.6. The number of pyridine rings is 1. The Balaban J connectivity index is 2.05. The van der Waals surface area contributed by atoms with Crippen molar-refractivity contribution in [3.63, 3.8) is 0 Å². The Bertz CT molecular complexity index is 702. The first-order valence-corrected chi connectivity index (χ1v) is 6.66. The van der Waals surface area contributed by atoms with Crippen molar-refractivity contribution in [3.05, 3.63) is 58.1 Å². The number of aromatic nitrogens is 1. The molecule has 1 aliphatic rings. The van der Waals surface area contributed by atoms with Gasteiger partial charge in [0.2, 0.25) is 0 Å². The molecule has 0 unspecified atom stereocenters. The van der Waals surface area contributed by atoms with E-state index >= 15 is 0 Å². The summed E-state index contributed by atoms with van der Waals surface area (Å²) in [5.41, 5.74) is 2.93. The molecule has 3 nitrogen and oxygen atoms in total. The van der Waals surface area contributed by atoms with Crippen molar-refractivity contribution in [2.75, 3.05) is 11.4 Å². The minimum Gasteiger partial charge on any atom is -0.306 e. The van der Waals surface area contributed by atoms with Gasteiger partial charge >= 0.3 is 0 Å². The number of amides is 1. The van der Waals surface area contributed by atoms with Gasteiger partial charge < -0.3 is 4.90 Å². The zero-order chi connectivity index (χ0) is 14.3. The fourth-order valence-electron chi connectivity index (χ4n) is 2.44. The van der Waals surface area contributed by atoms with E-state index in [-0.39, 0.29) is 10.9 Å². The maximum atomic E-state index is 13.5. The summed E-state index contributed by atoms with van der Waals surface area (Å²) in [5.74, 6) is -0.645. The molecule has 0 radical (unpaired) electrons. The molecule has 0 fully saturated rings. The molecular formula is C15H12ClFN2O. The smallest absolute Gasteiger partial charge is 0.258 e. The molecule has 3 rings (SSSR count). The largest absolute Gasteiger partial charge is 0.306 e. The number of anilines is 1. The molecule has 0 N–H and O–H groups in total. The fraction of sp³-hybridized carbons (Fsp3) is 0.200. The van der Waals surface area contributed by atoms with Crippen LogP contribution >= 0.6 is 11.6 Å². The van der Waals surface area contributed by atoms with E-state index in [0.29, 0.717) is 24.1 Å². The number of hydrogen-bond acceptors (Lipinski definition) is 2. The van der Waals surface area contributed by atoms with Gasteiger partial charge in [-0.1, -0.05) is 11.6 Å². The van der Waals surface area contributed by atoms with Crippen LogP contribution in [0.5, 0.6) is 0 Å². The van der Waals surface area contributed by atoms with Gasteiger partial charge in [0.15, 0.2) is 0 Å². The molecule has 0 aliphatic carbocycles. The summed E-state index contributed by atoms with van der Waals surface area (Å²) in [7, 11) is 0. The molecule has 1 aliphatic heterocycles. The summed E-state index contributed by atoms with van der Waals surface area (Å²) in [4.78, 5) is 18.3. The summed E-state index contributed by atoms with van der Waals surface area (Å²) < 4.78 is 13.5. The van der Waals surface area contributed by atoms with Crippen molar-refractivity contribution in [3.8, 4) is 0 Å². The van der Waals surface area contributed by atoms with E-state index < -0.39 is 5.82 Å². The fourth-order valence-corrected chi connectivity index (χ4v) is 2.60. The number of carbonyl (C=O) groups is 1. The van der Waals surface area contributed by atoms with Crippen LogP contribution in [0.25, 0.3) is 0 Å². The summed E-state index contributed by atoms with van der Waals surface area (Å²) in [6.07, 6.45) is 3.96. The second-order valence-corrected chi connectivity index (χ2v) is 5.20. The molecule has 5 heteroatoms. The second-order valence-electron chi connectivity index (χ2n) is 4.79. The van der Waals surface area contributed by atoms with Gasteiger partial charge in [-0.05, 0) is 42.7 Å². The van der Waals surface area contributed by atoms with Gasteiger partial charge in [0.25, 0.3) is 5.91 Å². The normalized spacial score (nSPS) is 14.3. The van der Waals surface area contributed by atoms with Crippen molar-refractivity contribution >= 4 is 23.2 Å². The Morgan fingerprint density at radius 1 is 1.40 bits per heavy atom. The lowest BCUT2D eigenvalue weighted by atomic mass is 9.98. The maximum absolute atomic E-state index is 13.5. The zero-order valence-electron chi connectivity index (χ0n) is 10.9. The highest BCUT2D eigenvalue weighted by molar-refractivity contribution is 6.31. The standard InChI is InChI=1S/C15H12ClFN2O/c1-9-2-4-18-8-14(9)19-5-3-10-6-13(17)12(16)7-11(10)15(19)20/h2,4,6-8H,3,5H2,1H3. The van der Waals surface area contributed by atoms with E-state index in [2.05, 4.69) is 4.98 Å². The molecular weight excluding hydrogens is 279 g/mol. The molecule has 2 heterocycles. The van der Waals surface area contributed by atoms with Crippen LogP contribution in [0.1, 0.15) is 21.5 Å². The van der Waals surface area contributed by atoms with Crippen LogP contribution in [0.3, 0.4) is 0 Å². The number of carbonyl (C=O) groups excluding carboxylic acids is 1. The minimum absolute atomic E-state index is 0.0261. The average Bonchev–Trinajstić information content (AvgIpc) is 2.43. The van der Waals surface area contributed by atoms with E-state index in [1.807, 2.05) is 13.0 Å². The quantitative estimate of drug-likeness (QED) is 0.806. The van der Waals surface area contributed by atoms with Gasteiger partial charge in [-0.25, -0.2) is 4.39 Å². The molecule has 20 heavy (non-hydrogen) atoms. The van der Waals surface area contributed by atoms with Crippen molar-refractivity contribution in [1.29, 1.82) is 0 Å². The number of halogens is 2. The summed E-state index contributed by atoms with van der Waals surface area (Å²) >= 11 is 5.78. The highest BCUT2D eigenvalue weighted by Crippen LogP contribution is 2.29. The summed E-state index contributed by atoms with van der Waals surface area (Å²) in [5, 5.41) is -0.0261. The summed E-state index contributed by atoms with van der Waals surface area (Å²) in [6, 6.07) is 4.62. The Labute approximate surface area is 121 Å². The monoisotopic (exact) mass is 290 g/mol. The molecule has 0 bridgehead atoms. The van der Waals surface area contributed by atoms with Gasteiger partial charge in [0.05, 0.1) is 16.9 Å². The van der Waals surface area contributed by atoms with Crippen LogP contribution < -0.4 is 4.90 Å². The number of rotatable bonds is 1. The number of hydrogen-bond donors (Lipinski definition) is 0. The maximum Gasteiger partial charge on any atom is 0.258 e. The van der Waals surface area contributed by atoms with Crippen molar-refractivity contribution in [2.24, 2.45) is 0 Å². The van der Waals surface area contributed by atoms with Gasteiger partial charge in [-0.15, -0.1) is 0 Å². The molecule has 0 saturated heterocycles. The molecule has 102 valence electrons. The summed E-state index contributed by atoms with van der Waals surface area (Å²) in [6.45, 7) is 2.44. The number of aryl methyl sites for hydroxylation is 1. The van der Waals surface area contributed by atoms with Gasteiger partial charge in [0, 0.05) is 18.3 Å². The van der Waals surface area contributed by atoms with E-state index in [4.69, 9.17) is 11.6 Å². The third kappa shape index (κ3) is 2.06. The Morgan fingerprint density at radius 3 is 2.95 bits per heavy atom. The average molecular weight is 291 g/mol. The van der Waals surface area contributed by atoms with Crippen molar-refractivity contribution in [1.82, 2.24) is 4.98 Å².